The third-order valence-corrected chi connectivity index (χ3v) is 2.62. The zero-order valence-corrected chi connectivity index (χ0v) is 11.2. The van der Waals surface area contributed by atoms with Gasteiger partial charge >= 0.3 is 5.97 Å². The van der Waals surface area contributed by atoms with Crippen LogP contribution in [0.15, 0.2) is 18.2 Å². The molecular formula is C13H18FNO4. The van der Waals surface area contributed by atoms with Crippen molar-refractivity contribution in [3.8, 4) is 11.5 Å². The second-order valence-electron chi connectivity index (χ2n) is 3.76. The third-order valence-electron chi connectivity index (χ3n) is 2.62. The molecule has 1 rings (SSSR count). The van der Waals surface area contributed by atoms with Gasteiger partial charge in [-0.25, -0.2) is 9.18 Å². The van der Waals surface area contributed by atoms with E-state index in [1.54, 1.807) is 25.1 Å². The number of nitrogens with two attached hydrogens (primary N) is 1. The van der Waals surface area contributed by atoms with E-state index in [9.17, 15) is 9.18 Å². The fourth-order valence-electron chi connectivity index (χ4n) is 1.70. The van der Waals surface area contributed by atoms with Gasteiger partial charge in [-0.05, 0) is 13.0 Å². The Morgan fingerprint density at radius 3 is 2.58 bits per heavy atom. The molecule has 0 spiro atoms. The molecule has 2 N–H and O–H groups in total. The van der Waals surface area contributed by atoms with Gasteiger partial charge in [0.25, 0.3) is 0 Å². The molecule has 0 aromatic heterocycles. The Bertz CT molecular complexity index is 439. The summed E-state index contributed by atoms with van der Waals surface area (Å²) in [5.74, 6) is -0.254. The summed E-state index contributed by atoms with van der Waals surface area (Å²) in [5.41, 5.74) is 6.11. The van der Waals surface area contributed by atoms with Gasteiger partial charge in [-0.2, -0.15) is 0 Å². The van der Waals surface area contributed by atoms with E-state index >= 15 is 0 Å². The Labute approximate surface area is 111 Å². The molecule has 2 atom stereocenters. The van der Waals surface area contributed by atoms with Crippen LogP contribution in [0.4, 0.5) is 4.39 Å². The van der Waals surface area contributed by atoms with Crippen LogP contribution in [0.25, 0.3) is 0 Å². The van der Waals surface area contributed by atoms with Crippen LogP contribution in [0.2, 0.25) is 0 Å². The summed E-state index contributed by atoms with van der Waals surface area (Å²) in [6.07, 6.45) is -1.96. The maximum Gasteiger partial charge on any atom is 0.342 e. The number of carbonyl (C=O) groups is 1. The Morgan fingerprint density at radius 2 is 2.05 bits per heavy atom. The molecule has 0 radical (unpaired) electrons. The average molecular weight is 271 g/mol. The second-order valence-corrected chi connectivity index (χ2v) is 3.76. The lowest BCUT2D eigenvalue weighted by atomic mass is 10.0. The minimum absolute atomic E-state index is 0.0984. The van der Waals surface area contributed by atoms with Gasteiger partial charge in [-0.3, -0.25) is 0 Å². The van der Waals surface area contributed by atoms with Gasteiger partial charge in [0, 0.05) is 5.56 Å². The van der Waals surface area contributed by atoms with Gasteiger partial charge in [-0.15, -0.1) is 0 Å². The lowest BCUT2D eigenvalue weighted by molar-refractivity contribution is -0.149. The summed E-state index contributed by atoms with van der Waals surface area (Å²) in [4.78, 5) is 11.4. The predicted molar refractivity (Wildman–Crippen MR) is 68.0 cm³/mol. The van der Waals surface area contributed by atoms with Crippen LogP contribution in [0.3, 0.4) is 0 Å². The normalized spacial score (nSPS) is 13.5. The maximum atomic E-state index is 13.9. The SMILES string of the molecule is CCOC(=O)C(F)[C@H](N)c1cccc(OC)c1OC. The largest absolute Gasteiger partial charge is 0.493 e. The molecule has 0 amide bonds. The number of ether oxygens (including phenoxy) is 3. The van der Waals surface area contributed by atoms with Crippen molar-refractivity contribution in [3.63, 3.8) is 0 Å². The lowest BCUT2D eigenvalue weighted by Crippen LogP contribution is -2.31. The number of hydrogen-bond donors (Lipinski definition) is 1. The summed E-state index contributed by atoms with van der Waals surface area (Å²) < 4.78 is 28.8. The van der Waals surface area contributed by atoms with Crippen molar-refractivity contribution in [1.29, 1.82) is 0 Å². The van der Waals surface area contributed by atoms with Crippen molar-refractivity contribution in [2.75, 3.05) is 20.8 Å². The fraction of sp³-hybridized carbons (Fsp3) is 0.462. The van der Waals surface area contributed by atoms with E-state index in [2.05, 4.69) is 4.74 Å². The molecule has 0 saturated carbocycles. The molecule has 0 heterocycles. The Hall–Kier alpha value is -1.82. The number of alkyl halides is 1. The summed E-state index contributed by atoms with van der Waals surface area (Å²) in [5, 5.41) is 0. The van der Waals surface area contributed by atoms with Crippen LogP contribution >= 0.6 is 0 Å². The quantitative estimate of drug-likeness (QED) is 0.796. The standard InChI is InChI=1S/C13H18FNO4/c1-4-19-13(16)10(14)11(15)8-6-5-7-9(17-2)12(8)18-3/h5-7,10-11H,4,15H2,1-3H3/t10?,11-/m1/s1. The minimum atomic E-state index is -1.96. The number of benzene rings is 1. The van der Waals surface area contributed by atoms with Gasteiger partial charge in [-0.1, -0.05) is 12.1 Å². The first-order valence-electron chi connectivity index (χ1n) is 5.84. The lowest BCUT2D eigenvalue weighted by Gasteiger charge is -2.19. The predicted octanol–water partition coefficient (Wildman–Crippen LogP) is 1.60. The molecule has 1 unspecified atom stereocenters. The molecule has 106 valence electrons. The number of methoxy groups -OCH3 is 2. The van der Waals surface area contributed by atoms with Crippen molar-refractivity contribution in [2.24, 2.45) is 5.73 Å². The first-order chi connectivity index (χ1) is 9.06. The molecule has 6 heteroatoms. The molecular weight excluding hydrogens is 253 g/mol. The van der Waals surface area contributed by atoms with Gasteiger partial charge in [0.15, 0.2) is 11.5 Å². The molecule has 0 aliphatic carbocycles. The van der Waals surface area contributed by atoms with E-state index in [0.717, 1.165) is 0 Å². The number of esters is 1. The number of carbonyl (C=O) groups excluding carboxylic acids is 1. The second kappa shape index (κ2) is 6.94. The Kier molecular flexibility index (Phi) is 5.57. The van der Waals surface area contributed by atoms with Crippen molar-refractivity contribution in [3.05, 3.63) is 23.8 Å². The van der Waals surface area contributed by atoms with Gasteiger partial charge in [0.2, 0.25) is 6.17 Å². The van der Waals surface area contributed by atoms with Crippen LogP contribution in [0, 0.1) is 0 Å². The van der Waals surface area contributed by atoms with Crippen LogP contribution in [0.1, 0.15) is 18.5 Å². The Balaban J connectivity index is 3.05. The summed E-state index contributed by atoms with van der Waals surface area (Å²) in [6, 6.07) is 3.71. The van der Waals surface area contributed by atoms with E-state index in [1.807, 2.05) is 0 Å². The van der Waals surface area contributed by atoms with Crippen molar-refractivity contribution in [2.45, 2.75) is 19.1 Å². The third kappa shape index (κ3) is 3.35. The number of halogens is 1. The van der Waals surface area contributed by atoms with Crippen molar-refractivity contribution in [1.82, 2.24) is 0 Å². The van der Waals surface area contributed by atoms with Crippen molar-refractivity contribution >= 4 is 5.97 Å². The highest BCUT2D eigenvalue weighted by Crippen LogP contribution is 2.35. The first-order valence-corrected chi connectivity index (χ1v) is 5.84. The number of para-hydroxylation sites is 1. The number of hydrogen-bond acceptors (Lipinski definition) is 5. The van der Waals surface area contributed by atoms with E-state index in [-0.39, 0.29) is 6.61 Å². The smallest absolute Gasteiger partial charge is 0.342 e. The van der Waals surface area contributed by atoms with Crippen molar-refractivity contribution < 1.29 is 23.4 Å². The monoisotopic (exact) mass is 271 g/mol. The summed E-state index contributed by atoms with van der Waals surface area (Å²) >= 11 is 0. The van der Waals surface area contributed by atoms with Crippen LogP contribution in [-0.4, -0.2) is 33.0 Å². The summed E-state index contributed by atoms with van der Waals surface area (Å²) in [6.45, 7) is 1.70. The molecule has 0 bridgehead atoms. The number of rotatable bonds is 6. The highest BCUT2D eigenvalue weighted by molar-refractivity contribution is 5.76. The molecule has 5 nitrogen and oxygen atoms in total. The molecule has 0 aliphatic rings. The molecule has 0 aliphatic heterocycles. The zero-order valence-electron chi connectivity index (χ0n) is 11.2. The van der Waals surface area contributed by atoms with E-state index in [4.69, 9.17) is 15.2 Å². The van der Waals surface area contributed by atoms with E-state index < -0.39 is 18.2 Å². The molecule has 1 aromatic rings. The molecule has 0 saturated heterocycles. The highest BCUT2D eigenvalue weighted by atomic mass is 19.1. The van der Waals surface area contributed by atoms with Crippen LogP contribution < -0.4 is 15.2 Å². The molecule has 0 fully saturated rings. The molecule has 1 aromatic carbocycles. The molecule has 19 heavy (non-hydrogen) atoms. The Morgan fingerprint density at radius 1 is 1.37 bits per heavy atom. The van der Waals surface area contributed by atoms with Crippen LogP contribution in [0.5, 0.6) is 11.5 Å². The van der Waals surface area contributed by atoms with Gasteiger partial charge in [0.05, 0.1) is 26.9 Å². The maximum absolute atomic E-state index is 13.9. The van der Waals surface area contributed by atoms with E-state index in [0.29, 0.717) is 17.1 Å². The van der Waals surface area contributed by atoms with Gasteiger partial charge in [0.1, 0.15) is 0 Å². The average Bonchev–Trinajstić information content (AvgIpc) is 2.44. The zero-order chi connectivity index (χ0) is 14.4. The minimum Gasteiger partial charge on any atom is -0.493 e. The summed E-state index contributed by atoms with van der Waals surface area (Å²) in [7, 11) is 2.89. The van der Waals surface area contributed by atoms with E-state index in [1.165, 1.54) is 14.2 Å². The highest BCUT2D eigenvalue weighted by Gasteiger charge is 2.30. The fourth-order valence-corrected chi connectivity index (χ4v) is 1.70. The topological polar surface area (TPSA) is 70.8 Å². The van der Waals surface area contributed by atoms with Gasteiger partial charge < -0.3 is 19.9 Å². The first kappa shape index (κ1) is 15.2. The van der Waals surface area contributed by atoms with Crippen LogP contribution in [-0.2, 0) is 9.53 Å².